The van der Waals surface area contributed by atoms with Gasteiger partial charge >= 0.3 is 0 Å². The van der Waals surface area contributed by atoms with Gasteiger partial charge in [-0.2, -0.15) is 0 Å². The lowest BCUT2D eigenvalue weighted by Gasteiger charge is -2.18. The molecule has 0 spiro atoms. The number of rotatable bonds is 3. The number of hydrazine groups is 1. The van der Waals surface area contributed by atoms with Crippen molar-refractivity contribution < 1.29 is 0 Å². The van der Waals surface area contributed by atoms with Crippen LogP contribution in [0.4, 0.5) is 0 Å². The van der Waals surface area contributed by atoms with Crippen LogP contribution in [-0.2, 0) is 7.05 Å². The Morgan fingerprint density at radius 3 is 2.62 bits per heavy atom. The van der Waals surface area contributed by atoms with Gasteiger partial charge in [0, 0.05) is 21.1 Å². The molecular weight excluding hydrogens is 200 g/mol. The predicted octanol–water partition coefficient (Wildman–Crippen LogP) is 1.70. The summed E-state index contributed by atoms with van der Waals surface area (Å²) in [6, 6.07) is 8.39. The van der Waals surface area contributed by atoms with Crippen LogP contribution < -0.4 is 5.43 Å². The quantitative estimate of drug-likeness (QED) is 0.796. The summed E-state index contributed by atoms with van der Waals surface area (Å²) in [4.78, 5) is 4.64. The summed E-state index contributed by atoms with van der Waals surface area (Å²) in [6.07, 6.45) is 0. The maximum Gasteiger partial charge on any atom is 0.127 e. The molecule has 16 heavy (non-hydrogen) atoms. The van der Waals surface area contributed by atoms with Crippen molar-refractivity contribution in [2.24, 2.45) is 7.05 Å². The number of aromatic nitrogens is 2. The van der Waals surface area contributed by atoms with E-state index in [0.717, 1.165) is 11.3 Å². The zero-order valence-electron chi connectivity index (χ0n) is 10.2. The molecule has 1 atom stereocenters. The van der Waals surface area contributed by atoms with E-state index in [1.165, 1.54) is 5.52 Å². The van der Waals surface area contributed by atoms with Gasteiger partial charge in [-0.05, 0) is 19.1 Å². The first kappa shape index (κ1) is 11.1. The average Bonchev–Trinajstić information content (AvgIpc) is 2.56. The Morgan fingerprint density at radius 2 is 2.00 bits per heavy atom. The van der Waals surface area contributed by atoms with Crippen LogP contribution in [0.1, 0.15) is 18.8 Å². The maximum atomic E-state index is 4.64. The topological polar surface area (TPSA) is 33.1 Å². The van der Waals surface area contributed by atoms with E-state index < -0.39 is 0 Å². The third-order valence-electron chi connectivity index (χ3n) is 2.66. The van der Waals surface area contributed by atoms with E-state index >= 15 is 0 Å². The van der Waals surface area contributed by atoms with E-state index in [9.17, 15) is 0 Å². The van der Waals surface area contributed by atoms with Gasteiger partial charge in [0.15, 0.2) is 0 Å². The normalized spacial score (nSPS) is 13.6. The highest BCUT2D eigenvalue weighted by Gasteiger charge is 2.13. The Kier molecular flexibility index (Phi) is 2.94. The number of fused-ring (bicyclic) bond motifs is 1. The summed E-state index contributed by atoms with van der Waals surface area (Å²) in [6.45, 7) is 2.11. The number of hydrogen-bond donors (Lipinski definition) is 1. The minimum absolute atomic E-state index is 0.201. The molecule has 0 aliphatic heterocycles. The summed E-state index contributed by atoms with van der Waals surface area (Å²) < 4.78 is 2.14. The van der Waals surface area contributed by atoms with Crippen molar-refractivity contribution >= 4 is 11.0 Å². The van der Waals surface area contributed by atoms with Gasteiger partial charge in [0.05, 0.1) is 17.1 Å². The van der Waals surface area contributed by atoms with Crippen LogP contribution in [0.3, 0.4) is 0 Å². The van der Waals surface area contributed by atoms with Crippen molar-refractivity contribution in [1.82, 2.24) is 20.0 Å². The highest BCUT2D eigenvalue weighted by atomic mass is 15.5. The minimum Gasteiger partial charge on any atom is -0.330 e. The molecule has 0 bridgehead atoms. The lowest BCUT2D eigenvalue weighted by Crippen LogP contribution is -2.33. The third kappa shape index (κ3) is 1.94. The first-order valence-electron chi connectivity index (χ1n) is 5.44. The minimum atomic E-state index is 0.201. The fourth-order valence-corrected chi connectivity index (χ4v) is 2.00. The predicted molar refractivity (Wildman–Crippen MR) is 66.0 cm³/mol. The van der Waals surface area contributed by atoms with Crippen LogP contribution in [0.5, 0.6) is 0 Å². The monoisotopic (exact) mass is 218 g/mol. The summed E-state index contributed by atoms with van der Waals surface area (Å²) in [5, 5.41) is 1.95. The van der Waals surface area contributed by atoms with Gasteiger partial charge in [-0.1, -0.05) is 12.1 Å². The van der Waals surface area contributed by atoms with Gasteiger partial charge < -0.3 is 4.57 Å². The first-order chi connectivity index (χ1) is 7.59. The number of nitrogens with zero attached hydrogens (tertiary/aromatic N) is 3. The van der Waals surface area contributed by atoms with E-state index in [4.69, 9.17) is 0 Å². The second-order valence-electron chi connectivity index (χ2n) is 4.26. The number of para-hydroxylation sites is 2. The van der Waals surface area contributed by atoms with Crippen molar-refractivity contribution in [1.29, 1.82) is 0 Å². The third-order valence-corrected chi connectivity index (χ3v) is 2.66. The second kappa shape index (κ2) is 4.23. The van der Waals surface area contributed by atoms with Crippen LogP contribution >= 0.6 is 0 Å². The van der Waals surface area contributed by atoms with E-state index in [1.54, 1.807) is 0 Å². The Hall–Kier alpha value is -1.39. The van der Waals surface area contributed by atoms with Crippen LogP contribution in [0.2, 0.25) is 0 Å². The van der Waals surface area contributed by atoms with Gasteiger partial charge in [-0.15, -0.1) is 0 Å². The fraction of sp³-hybridized carbons (Fsp3) is 0.417. The average molecular weight is 218 g/mol. The van der Waals surface area contributed by atoms with E-state index in [-0.39, 0.29) is 6.04 Å². The Morgan fingerprint density at radius 1 is 1.31 bits per heavy atom. The van der Waals surface area contributed by atoms with Crippen molar-refractivity contribution in [2.45, 2.75) is 13.0 Å². The lowest BCUT2D eigenvalue weighted by molar-refractivity contribution is 0.245. The standard InChI is InChI=1S/C12H18N4/c1-9(14-15(2)3)12-13-10-7-5-6-8-11(10)16(12)4/h5-9,14H,1-4H3. The summed E-state index contributed by atoms with van der Waals surface area (Å²) >= 11 is 0. The Bertz CT molecular complexity index is 487. The zero-order chi connectivity index (χ0) is 11.7. The van der Waals surface area contributed by atoms with Crippen molar-refractivity contribution in [3.8, 4) is 0 Å². The molecule has 0 aliphatic rings. The highest BCUT2D eigenvalue weighted by Crippen LogP contribution is 2.18. The highest BCUT2D eigenvalue weighted by molar-refractivity contribution is 5.75. The molecule has 1 unspecified atom stereocenters. The van der Waals surface area contributed by atoms with E-state index in [0.29, 0.717) is 0 Å². The molecule has 0 aliphatic carbocycles. The number of imidazole rings is 1. The van der Waals surface area contributed by atoms with Crippen LogP contribution in [-0.4, -0.2) is 28.7 Å². The van der Waals surface area contributed by atoms with E-state index in [1.807, 2.05) is 37.3 Å². The summed E-state index contributed by atoms with van der Waals surface area (Å²) in [5.41, 5.74) is 5.53. The molecule has 1 aromatic heterocycles. The second-order valence-corrected chi connectivity index (χ2v) is 4.26. The molecular formula is C12H18N4. The summed E-state index contributed by atoms with van der Waals surface area (Å²) in [7, 11) is 6.02. The molecule has 1 aromatic carbocycles. The van der Waals surface area contributed by atoms with Crippen molar-refractivity contribution in [3.63, 3.8) is 0 Å². The summed E-state index contributed by atoms with van der Waals surface area (Å²) in [5.74, 6) is 1.05. The van der Waals surface area contributed by atoms with Crippen molar-refractivity contribution in [3.05, 3.63) is 30.1 Å². The molecule has 1 heterocycles. The molecule has 1 N–H and O–H groups in total. The van der Waals surface area contributed by atoms with Gasteiger partial charge in [0.1, 0.15) is 5.82 Å². The Balaban J connectivity index is 2.41. The van der Waals surface area contributed by atoms with Gasteiger partial charge in [0.25, 0.3) is 0 Å². The molecule has 4 heteroatoms. The first-order valence-corrected chi connectivity index (χ1v) is 5.44. The van der Waals surface area contributed by atoms with Crippen LogP contribution in [0, 0.1) is 0 Å². The Labute approximate surface area is 95.9 Å². The molecule has 0 saturated carbocycles. The lowest BCUT2D eigenvalue weighted by atomic mass is 10.3. The van der Waals surface area contributed by atoms with Gasteiger partial charge in [-0.3, -0.25) is 0 Å². The van der Waals surface area contributed by atoms with Gasteiger partial charge in [0.2, 0.25) is 0 Å². The van der Waals surface area contributed by atoms with Gasteiger partial charge in [-0.25, -0.2) is 15.4 Å². The number of hydrogen-bond acceptors (Lipinski definition) is 3. The van der Waals surface area contributed by atoms with Crippen molar-refractivity contribution in [2.75, 3.05) is 14.1 Å². The molecule has 2 rings (SSSR count). The van der Waals surface area contributed by atoms with E-state index in [2.05, 4.69) is 35.0 Å². The molecule has 0 amide bonds. The molecule has 0 saturated heterocycles. The molecule has 4 nitrogen and oxygen atoms in total. The molecule has 0 fully saturated rings. The number of aryl methyl sites for hydroxylation is 1. The van der Waals surface area contributed by atoms with Crippen LogP contribution in [0.25, 0.3) is 11.0 Å². The molecule has 0 radical (unpaired) electrons. The van der Waals surface area contributed by atoms with Crippen LogP contribution in [0.15, 0.2) is 24.3 Å². The zero-order valence-corrected chi connectivity index (χ0v) is 10.2. The fourth-order valence-electron chi connectivity index (χ4n) is 2.00. The molecule has 2 aromatic rings. The molecule has 86 valence electrons. The number of benzene rings is 1. The number of nitrogens with one attached hydrogen (secondary N) is 1. The maximum absolute atomic E-state index is 4.64. The SMILES string of the molecule is CC(NN(C)C)c1nc2ccccc2n1C. The largest absolute Gasteiger partial charge is 0.330 e. The smallest absolute Gasteiger partial charge is 0.127 e.